The number of rotatable bonds is 20. The van der Waals surface area contributed by atoms with E-state index < -0.39 is 36.5 Å². The molecule has 0 bridgehead atoms. The third kappa shape index (κ3) is 13.8. The Labute approximate surface area is 412 Å². The number of aryl methyl sites for hydroxylation is 3. The van der Waals surface area contributed by atoms with Crippen LogP contribution in [0.15, 0.2) is 67.0 Å². The topological polar surface area (TPSA) is 172 Å². The SMILES string of the molecule is Cn1c(-c2cccnc2)c(CCCCCC(=O)NCCNCCCC[C@H](N[C@H]2CCc3ccccc3N(CC(=O)[O-])C2=O)C(=O)[O-])c2cc(Cl)ccc21.[K+].[K+]. The number of carbonyl (C=O) groups is 4. The van der Waals surface area contributed by atoms with E-state index in [1.807, 2.05) is 42.6 Å². The third-order valence-electron chi connectivity index (χ3n) is 9.78. The van der Waals surface area contributed by atoms with E-state index in [2.05, 4.69) is 38.6 Å². The Morgan fingerprint density at radius 2 is 1.76 bits per heavy atom. The van der Waals surface area contributed by atoms with Gasteiger partial charge < -0.3 is 39.9 Å². The first-order valence-corrected chi connectivity index (χ1v) is 18.7. The number of aromatic nitrogens is 2. The van der Waals surface area contributed by atoms with Crippen LogP contribution in [0.5, 0.6) is 0 Å². The molecule has 3 N–H and O–H groups in total. The second kappa shape index (κ2) is 24.4. The van der Waals surface area contributed by atoms with Crippen molar-refractivity contribution in [2.75, 3.05) is 31.1 Å². The predicted molar refractivity (Wildman–Crippen MR) is 201 cm³/mol. The van der Waals surface area contributed by atoms with Gasteiger partial charge in [0.15, 0.2) is 0 Å². The van der Waals surface area contributed by atoms with Crippen LogP contribution >= 0.6 is 11.6 Å². The van der Waals surface area contributed by atoms with Gasteiger partial charge in [0.25, 0.3) is 0 Å². The number of unbranched alkanes of at least 4 members (excludes halogenated alkanes) is 3. The van der Waals surface area contributed by atoms with Crippen molar-refractivity contribution < 1.29 is 132 Å². The molecule has 2 aromatic carbocycles. The van der Waals surface area contributed by atoms with Crippen LogP contribution in [0.3, 0.4) is 0 Å². The molecule has 5 rings (SSSR count). The van der Waals surface area contributed by atoms with Crippen LogP contribution in [0.2, 0.25) is 5.02 Å². The first-order valence-electron chi connectivity index (χ1n) is 18.3. The molecule has 2 atom stereocenters. The summed E-state index contributed by atoms with van der Waals surface area (Å²) in [5.41, 5.74) is 5.86. The van der Waals surface area contributed by atoms with Crippen LogP contribution in [0.4, 0.5) is 5.69 Å². The molecule has 12 nitrogen and oxygen atoms in total. The Kier molecular flexibility index (Phi) is 21.3. The van der Waals surface area contributed by atoms with Gasteiger partial charge in [0.05, 0.1) is 30.2 Å². The third-order valence-corrected chi connectivity index (χ3v) is 10.0. The second-order valence-corrected chi connectivity index (χ2v) is 13.9. The minimum atomic E-state index is -1.40. The van der Waals surface area contributed by atoms with Crippen molar-refractivity contribution >= 4 is 51.9 Å². The molecule has 2 amide bonds. The van der Waals surface area contributed by atoms with Crippen molar-refractivity contribution in [3.63, 3.8) is 0 Å². The first-order chi connectivity index (χ1) is 25.6. The Morgan fingerprint density at radius 3 is 2.51 bits per heavy atom. The van der Waals surface area contributed by atoms with Gasteiger partial charge in [-0.25, -0.2) is 0 Å². The van der Waals surface area contributed by atoms with Gasteiger partial charge in [-0.2, -0.15) is 0 Å². The maximum atomic E-state index is 13.3. The number of carboxylic acid groups (broad SMARTS) is 2. The Morgan fingerprint density at radius 1 is 0.964 bits per heavy atom. The van der Waals surface area contributed by atoms with Gasteiger partial charge in [0.1, 0.15) is 0 Å². The predicted octanol–water partition coefficient (Wildman–Crippen LogP) is -3.31. The van der Waals surface area contributed by atoms with Crippen molar-refractivity contribution in [2.24, 2.45) is 7.05 Å². The number of nitrogens with one attached hydrogen (secondary N) is 3. The van der Waals surface area contributed by atoms with Crippen LogP contribution < -0.4 is 134 Å². The zero-order valence-corrected chi connectivity index (χ0v) is 39.1. The molecule has 0 spiro atoms. The van der Waals surface area contributed by atoms with Crippen molar-refractivity contribution in [2.45, 2.75) is 76.3 Å². The van der Waals surface area contributed by atoms with Crippen molar-refractivity contribution in [3.8, 4) is 11.3 Å². The Balaban J connectivity index is 0.00000406. The standard InChI is InChI=1S/C40H49ClN6O6.2K/c1-46-35-19-17-29(41)24-31(35)30(38(46)28-11-9-21-43-25-28)12-3-2-4-15-36(48)44-23-22-42-20-8-7-13-33(40(52)53)45-32-18-16-27-10-5-6-14-34(27)47(39(32)51)26-37(49)50;;/h5-6,9-11,14,17,19,21,24-25,32-33,42,45H,2-4,7-8,12-13,15-16,18,20,22-23,26H2,1H3,(H,44,48)(H,49,50)(H,52,53);;/q;2*+1/p-2/t32-,33-;;/m0../s1. The van der Waals surface area contributed by atoms with E-state index in [4.69, 9.17) is 11.6 Å². The number of para-hydroxylation sites is 1. The van der Waals surface area contributed by atoms with E-state index in [1.165, 1.54) is 5.56 Å². The van der Waals surface area contributed by atoms with Gasteiger partial charge >= 0.3 is 103 Å². The van der Waals surface area contributed by atoms with Gasteiger partial charge in [-0.05, 0) is 99.0 Å². The van der Waals surface area contributed by atoms with Gasteiger partial charge in [0.2, 0.25) is 11.8 Å². The number of carbonyl (C=O) groups excluding carboxylic acids is 4. The summed E-state index contributed by atoms with van der Waals surface area (Å²) in [6.45, 7) is 1.09. The average molecular weight is 822 g/mol. The van der Waals surface area contributed by atoms with E-state index in [9.17, 15) is 29.4 Å². The number of fused-ring (bicyclic) bond motifs is 2. The van der Waals surface area contributed by atoms with E-state index in [0.717, 1.165) is 58.3 Å². The molecule has 1 aliphatic rings. The molecule has 15 heteroatoms. The number of nitrogens with zero attached hydrogens (tertiary/aromatic N) is 3. The molecule has 2 aromatic heterocycles. The molecule has 0 saturated heterocycles. The largest absolute Gasteiger partial charge is 1.00 e. The maximum Gasteiger partial charge on any atom is 1.00 e. The smallest absolute Gasteiger partial charge is 0.548 e. The zero-order valence-electron chi connectivity index (χ0n) is 32.1. The number of benzene rings is 2. The molecule has 1 aliphatic heterocycles. The number of hydrogen-bond acceptors (Lipinski definition) is 9. The fourth-order valence-electron chi connectivity index (χ4n) is 7.16. The van der Waals surface area contributed by atoms with Gasteiger partial charge in [-0.3, -0.25) is 19.9 Å². The molecule has 4 aromatic rings. The van der Waals surface area contributed by atoms with Crippen molar-refractivity contribution in [1.29, 1.82) is 0 Å². The number of anilines is 1. The number of carboxylic acids is 2. The number of pyridine rings is 1. The first kappa shape index (κ1) is 47.9. The van der Waals surface area contributed by atoms with Crippen LogP contribution in [0.25, 0.3) is 22.2 Å². The zero-order chi connectivity index (χ0) is 37.7. The summed E-state index contributed by atoms with van der Waals surface area (Å²) in [4.78, 5) is 54.6. The Bertz CT molecular complexity index is 1890. The fraction of sp³-hybridized carbons (Fsp3) is 0.425. The second-order valence-electron chi connectivity index (χ2n) is 13.5. The van der Waals surface area contributed by atoms with Crippen molar-refractivity contribution in [1.82, 2.24) is 25.5 Å². The molecule has 0 fully saturated rings. The molecular formula is C40H47ClK2N6O6. The molecule has 0 aliphatic carbocycles. The summed E-state index contributed by atoms with van der Waals surface area (Å²) in [6.07, 6.45) is 9.91. The summed E-state index contributed by atoms with van der Waals surface area (Å²) in [5.74, 6) is -3.20. The van der Waals surface area contributed by atoms with Crippen LogP contribution in [-0.4, -0.2) is 71.6 Å². The monoisotopic (exact) mass is 820 g/mol. The van der Waals surface area contributed by atoms with Gasteiger partial charge in [-0.1, -0.05) is 42.6 Å². The summed E-state index contributed by atoms with van der Waals surface area (Å²) >= 11 is 6.37. The number of hydrogen-bond donors (Lipinski definition) is 3. The summed E-state index contributed by atoms with van der Waals surface area (Å²) in [5, 5.41) is 34.3. The molecule has 0 radical (unpaired) electrons. The fourth-order valence-corrected chi connectivity index (χ4v) is 7.33. The Hall–Kier alpha value is -1.51. The van der Waals surface area contributed by atoms with Crippen LogP contribution in [0.1, 0.15) is 62.5 Å². The van der Waals surface area contributed by atoms with Crippen LogP contribution in [-0.2, 0) is 39.1 Å². The van der Waals surface area contributed by atoms with E-state index in [-0.39, 0.29) is 115 Å². The molecule has 282 valence electrons. The average Bonchev–Trinajstić information content (AvgIpc) is 3.34. The molecule has 0 saturated carbocycles. The normalized spacial score (nSPS) is 14.3. The summed E-state index contributed by atoms with van der Waals surface area (Å²) < 4.78 is 2.20. The van der Waals surface area contributed by atoms with Gasteiger partial charge in [0, 0.05) is 72.2 Å². The maximum absolute atomic E-state index is 13.3. The quantitative estimate of drug-likeness (QED) is 0.0611. The molecule has 0 unspecified atom stereocenters. The molecular weight excluding hydrogens is 774 g/mol. The van der Waals surface area contributed by atoms with Gasteiger partial charge in [-0.15, -0.1) is 0 Å². The summed E-state index contributed by atoms with van der Waals surface area (Å²) in [6, 6.07) is 15.1. The van der Waals surface area contributed by atoms with E-state index in [0.29, 0.717) is 62.4 Å². The minimum absolute atomic E-state index is 0. The minimum Gasteiger partial charge on any atom is -0.548 e. The molecule has 55 heavy (non-hydrogen) atoms. The van der Waals surface area contributed by atoms with E-state index >= 15 is 0 Å². The number of amides is 2. The number of halogens is 1. The summed E-state index contributed by atoms with van der Waals surface area (Å²) in [7, 11) is 2.06. The van der Waals surface area contributed by atoms with Crippen LogP contribution in [0, 0.1) is 0 Å². The van der Waals surface area contributed by atoms with E-state index in [1.54, 1.807) is 18.3 Å². The van der Waals surface area contributed by atoms with Crippen molar-refractivity contribution in [3.05, 3.63) is 83.1 Å². The number of aliphatic carboxylic acids is 2. The molecule has 3 heterocycles.